The predicted molar refractivity (Wildman–Crippen MR) is 97.2 cm³/mol. The maximum Gasteiger partial charge on any atom is 0.230 e. The Kier molecular flexibility index (Phi) is 4.30. The van der Waals surface area contributed by atoms with Crippen LogP contribution in [-0.4, -0.2) is 47.8 Å². The number of carbonyl (C=O) groups is 2. The zero-order valence-corrected chi connectivity index (χ0v) is 15.2. The van der Waals surface area contributed by atoms with Crippen LogP contribution in [0.3, 0.4) is 0 Å². The highest BCUT2D eigenvalue weighted by molar-refractivity contribution is 5.85. The van der Waals surface area contributed by atoms with Gasteiger partial charge in [-0.2, -0.15) is 0 Å². The van der Waals surface area contributed by atoms with Crippen LogP contribution in [0, 0.1) is 5.41 Å². The second-order valence-corrected chi connectivity index (χ2v) is 8.02. The molecule has 134 valence electrons. The number of piperidine rings is 2. The van der Waals surface area contributed by atoms with Crippen molar-refractivity contribution in [1.29, 1.82) is 0 Å². The molecular formula is C21H28N2O2. The Morgan fingerprint density at radius 1 is 1.16 bits per heavy atom. The largest absolute Gasteiger partial charge is 0.342 e. The topological polar surface area (TPSA) is 40.6 Å². The molecule has 0 unspecified atom stereocenters. The van der Waals surface area contributed by atoms with Gasteiger partial charge in [0.15, 0.2) is 0 Å². The minimum Gasteiger partial charge on any atom is -0.342 e. The molecule has 4 heteroatoms. The van der Waals surface area contributed by atoms with E-state index < -0.39 is 0 Å². The number of carbonyl (C=O) groups excluding carboxylic acids is 2. The average molecular weight is 340 g/mol. The summed E-state index contributed by atoms with van der Waals surface area (Å²) in [7, 11) is 0. The molecule has 4 rings (SSSR count). The summed E-state index contributed by atoms with van der Waals surface area (Å²) in [5, 5.41) is 0. The maximum absolute atomic E-state index is 13.1. The molecule has 2 heterocycles. The lowest BCUT2D eigenvalue weighted by atomic mass is 9.72. The SMILES string of the molecule is CCN1CC2(CCC1=O)CCN(C(=O)[C@@H]1CCc3ccccc31)CC2. The summed E-state index contributed by atoms with van der Waals surface area (Å²) < 4.78 is 0. The van der Waals surface area contributed by atoms with Crippen LogP contribution >= 0.6 is 0 Å². The fourth-order valence-electron chi connectivity index (χ4n) is 5.03. The summed E-state index contributed by atoms with van der Waals surface area (Å²) in [5.41, 5.74) is 2.83. The first kappa shape index (κ1) is 16.6. The molecule has 1 aromatic rings. The van der Waals surface area contributed by atoms with Crippen molar-refractivity contribution in [2.45, 2.75) is 51.4 Å². The van der Waals surface area contributed by atoms with Gasteiger partial charge >= 0.3 is 0 Å². The summed E-state index contributed by atoms with van der Waals surface area (Å²) in [4.78, 5) is 29.1. The molecule has 0 bridgehead atoms. The molecule has 25 heavy (non-hydrogen) atoms. The molecule has 1 aliphatic carbocycles. The monoisotopic (exact) mass is 340 g/mol. The van der Waals surface area contributed by atoms with Crippen molar-refractivity contribution in [3.8, 4) is 0 Å². The van der Waals surface area contributed by atoms with E-state index in [-0.39, 0.29) is 11.3 Å². The fraction of sp³-hybridized carbons (Fsp3) is 0.619. The molecule has 0 aromatic heterocycles. The van der Waals surface area contributed by atoms with Gasteiger partial charge in [0.25, 0.3) is 0 Å². The highest BCUT2D eigenvalue weighted by atomic mass is 16.2. The van der Waals surface area contributed by atoms with E-state index in [4.69, 9.17) is 0 Å². The Morgan fingerprint density at radius 3 is 2.68 bits per heavy atom. The van der Waals surface area contributed by atoms with Crippen LogP contribution in [0.4, 0.5) is 0 Å². The maximum atomic E-state index is 13.1. The Morgan fingerprint density at radius 2 is 1.92 bits per heavy atom. The highest BCUT2D eigenvalue weighted by Crippen LogP contribution is 2.41. The van der Waals surface area contributed by atoms with E-state index in [1.165, 1.54) is 11.1 Å². The summed E-state index contributed by atoms with van der Waals surface area (Å²) >= 11 is 0. The Balaban J connectivity index is 1.41. The standard InChI is InChI=1S/C21H28N2O2/c1-2-22-15-21(10-9-19(22)24)11-13-23(14-12-21)20(25)18-8-7-16-5-3-4-6-17(16)18/h3-6,18H,2,7-15H2,1H3/t18-/m1/s1. The van der Waals surface area contributed by atoms with Crippen molar-refractivity contribution in [3.63, 3.8) is 0 Å². The van der Waals surface area contributed by atoms with E-state index in [9.17, 15) is 9.59 Å². The van der Waals surface area contributed by atoms with Crippen LogP contribution in [-0.2, 0) is 16.0 Å². The van der Waals surface area contributed by atoms with Gasteiger partial charge in [-0.3, -0.25) is 9.59 Å². The molecule has 1 spiro atoms. The predicted octanol–water partition coefficient (Wildman–Crippen LogP) is 2.97. The third kappa shape index (κ3) is 2.96. The van der Waals surface area contributed by atoms with Crippen LogP contribution in [0.5, 0.6) is 0 Å². The number of hydrogen-bond donors (Lipinski definition) is 0. The van der Waals surface area contributed by atoms with Crippen molar-refractivity contribution < 1.29 is 9.59 Å². The van der Waals surface area contributed by atoms with Crippen molar-refractivity contribution in [3.05, 3.63) is 35.4 Å². The van der Waals surface area contributed by atoms with Gasteiger partial charge in [-0.05, 0) is 55.6 Å². The summed E-state index contributed by atoms with van der Waals surface area (Å²) in [6.45, 7) is 5.46. The van der Waals surface area contributed by atoms with Crippen LogP contribution in [0.2, 0.25) is 0 Å². The molecule has 2 fully saturated rings. The second-order valence-electron chi connectivity index (χ2n) is 8.02. The van der Waals surface area contributed by atoms with Gasteiger partial charge in [0, 0.05) is 32.6 Å². The molecular weight excluding hydrogens is 312 g/mol. The van der Waals surface area contributed by atoms with E-state index in [1.807, 2.05) is 11.0 Å². The van der Waals surface area contributed by atoms with Crippen LogP contribution < -0.4 is 0 Å². The normalized spacial score (nSPS) is 25.3. The van der Waals surface area contributed by atoms with E-state index in [0.717, 1.165) is 58.3 Å². The third-order valence-corrected chi connectivity index (χ3v) is 6.70. The Hall–Kier alpha value is -1.84. The van der Waals surface area contributed by atoms with Gasteiger partial charge in [0.1, 0.15) is 0 Å². The Labute approximate surface area is 150 Å². The smallest absolute Gasteiger partial charge is 0.230 e. The first-order valence-electron chi connectivity index (χ1n) is 9.76. The molecule has 2 aliphatic heterocycles. The minimum atomic E-state index is 0.0605. The molecule has 3 aliphatic rings. The highest BCUT2D eigenvalue weighted by Gasteiger charge is 2.42. The zero-order valence-electron chi connectivity index (χ0n) is 15.2. The van der Waals surface area contributed by atoms with Crippen molar-refractivity contribution >= 4 is 11.8 Å². The molecule has 0 N–H and O–H groups in total. The number of aryl methyl sites for hydroxylation is 1. The number of likely N-dealkylation sites (tertiary alicyclic amines) is 2. The number of amides is 2. The van der Waals surface area contributed by atoms with Gasteiger partial charge in [0.05, 0.1) is 5.92 Å². The summed E-state index contributed by atoms with van der Waals surface area (Å²) in [6, 6.07) is 8.41. The van der Waals surface area contributed by atoms with Gasteiger partial charge in [0.2, 0.25) is 11.8 Å². The van der Waals surface area contributed by atoms with E-state index in [1.54, 1.807) is 0 Å². The number of benzene rings is 1. The molecule has 4 nitrogen and oxygen atoms in total. The molecule has 2 saturated heterocycles. The van der Waals surface area contributed by atoms with Crippen LogP contribution in [0.25, 0.3) is 0 Å². The van der Waals surface area contributed by atoms with Gasteiger partial charge < -0.3 is 9.80 Å². The van der Waals surface area contributed by atoms with Gasteiger partial charge in [-0.25, -0.2) is 0 Å². The number of rotatable bonds is 2. The molecule has 1 aromatic carbocycles. The third-order valence-electron chi connectivity index (χ3n) is 6.70. The van der Waals surface area contributed by atoms with E-state index >= 15 is 0 Å². The average Bonchev–Trinajstić information content (AvgIpc) is 3.08. The molecule has 1 atom stereocenters. The summed E-state index contributed by atoms with van der Waals surface area (Å²) in [6.07, 6.45) is 5.73. The number of fused-ring (bicyclic) bond motifs is 1. The van der Waals surface area contributed by atoms with Crippen LogP contribution in [0.15, 0.2) is 24.3 Å². The van der Waals surface area contributed by atoms with E-state index in [0.29, 0.717) is 18.2 Å². The lowest BCUT2D eigenvalue weighted by molar-refractivity contribution is -0.142. The minimum absolute atomic E-state index is 0.0605. The summed E-state index contributed by atoms with van der Waals surface area (Å²) in [5.74, 6) is 0.679. The lowest BCUT2D eigenvalue weighted by Crippen LogP contribution is -2.52. The van der Waals surface area contributed by atoms with Crippen molar-refractivity contribution in [1.82, 2.24) is 9.80 Å². The van der Waals surface area contributed by atoms with Gasteiger partial charge in [-0.15, -0.1) is 0 Å². The lowest BCUT2D eigenvalue weighted by Gasteiger charge is -2.47. The van der Waals surface area contributed by atoms with Crippen molar-refractivity contribution in [2.75, 3.05) is 26.2 Å². The zero-order chi connectivity index (χ0) is 17.4. The number of nitrogens with zero attached hydrogens (tertiary/aromatic N) is 2. The molecule has 0 radical (unpaired) electrons. The second kappa shape index (κ2) is 6.47. The quantitative estimate of drug-likeness (QED) is 0.830. The fourth-order valence-corrected chi connectivity index (χ4v) is 5.03. The van der Waals surface area contributed by atoms with E-state index in [2.05, 4.69) is 30.0 Å². The van der Waals surface area contributed by atoms with Crippen molar-refractivity contribution in [2.24, 2.45) is 5.41 Å². The first-order chi connectivity index (χ1) is 12.1. The van der Waals surface area contributed by atoms with Crippen LogP contribution in [0.1, 0.15) is 56.1 Å². The number of hydrogen-bond acceptors (Lipinski definition) is 2. The molecule has 2 amide bonds. The van der Waals surface area contributed by atoms with Gasteiger partial charge in [-0.1, -0.05) is 24.3 Å². The first-order valence-corrected chi connectivity index (χ1v) is 9.76. The Bertz CT molecular complexity index is 676. The molecule has 0 saturated carbocycles.